The lowest BCUT2D eigenvalue weighted by Gasteiger charge is -2.36. The lowest BCUT2D eigenvalue weighted by molar-refractivity contribution is -0.137. The summed E-state index contributed by atoms with van der Waals surface area (Å²) in [7, 11) is 1.54. The molecular formula is C36H40N6O6S. The minimum absolute atomic E-state index is 0.222. The van der Waals surface area contributed by atoms with Gasteiger partial charge in [0.05, 0.1) is 22.4 Å². The second-order valence-corrected chi connectivity index (χ2v) is 14.3. The summed E-state index contributed by atoms with van der Waals surface area (Å²) in [5.74, 6) is 0.783. The third-order valence-electron chi connectivity index (χ3n) is 8.53. The van der Waals surface area contributed by atoms with Crippen molar-refractivity contribution in [2.45, 2.75) is 65.1 Å². The number of urea groups is 1. The monoisotopic (exact) mass is 684 g/mol. The van der Waals surface area contributed by atoms with E-state index < -0.39 is 23.8 Å². The van der Waals surface area contributed by atoms with Gasteiger partial charge >= 0.3 is 12.1 Å². The minimum Gasteiger partial charge on any atom is -0.457 e. The molecule has 1 fully saturated rings. The molecule has 4 aromatic rings. The molecule has 2 atom stereocenters. The third kappa shape index (κ3) is 7.02. The van der Waals surface area contributed by atoms with Crippen LogP contribution < -0.4 is 20.3 Å². The van der Waals surface area contributed by atoms with Crippen molar-refractivity contribution >= 4 is 62.6 Å². The van der Waals surface area contributed by atoms with Gasteiger partial charge in [0.2, 0.25) is 5.91 Å². The number of carbonyl (C=O) groups excluding carboxylic acids is 4. The number of thiophene rings is 1. The Morgan fingerprint density at radius 2 is 1.84 bits per heavy atom. The van der Waals surface area contributed by atoms with Crippen LogP contribution >= 0.6 is 11.3 Å². The van der Waals surface area contributed by atoms with Gasteiger partial charge in [0, 0.05) is 32.4 Å². The lowest BCUT2D eigenvalue weighted by atomic mass is 10.0. The van der Waals surface area contributed by atoms with E-state index in [1.54, 1.807) is 56.8 Å². The number of likely N-dealkylation sites (N-methyl/N-ethyl adjacent to an activating group) is 1. The Labute approximate surface area is 289 Å². The minimum atomic E-state index is -0.741. The smallest absolute Gasteiger partial charge is 0.410 e. The number of nitrogens with zero attached hydrogens (tertiary/aromatic N) is 4. The van der Waals surface area contributed by atoms with E-state index in [-0.39, 0.29) is 17.9 Å². The molecule has 12 nitrogen and oxygen atoms in total. The van der Waals surface area contributed by atoms with Crippen molar-refractivity contribution in [3.05, 3.63) is 71.2 Å². The normalized spacial score (nSPS) is 16.5. The summed E-state index contributed by atoms with van der Waals surface area (Å²) in [6.07, 6.45) is 2.42. The van der Waals surface area contributed by atoms with Crippen LogP contribution in [0.15, 0.2) is 60.8 Å². The lowest BCUT2D eigenvalue weighted by Crippen LogP contribution is -2.55. The molecule has 5 amide bonds. The fourth-order valence-corrected chi connectivity index (χ4v) is 7.04. The predicted octanol–water partition coefficient (Wildman–Crippen LogP) is 7.06. The van der Waals surface area contributed by atoms with Gasteiger partial charge in [-0.2, -0.15) is 0 Å². The van der Waals surface area contributed by atoms with Crippen LogP contribution in [0.1, 0.15) is 55.8 Å². The maximum absolute atomic E-state index is 13.8. The van der Waals surface area contributed by atoms with Crippen LogP contribution in [0.2, 0.25) is 0 Å². The van der Waals surface area contributed by atoms with Gasteiger partial charge in [-0.3, -0.25) is 19.4 Å². The number of piperidine rings is 1. The van der Waals surface area contributed by atoms with Crippen molar-refractivity contribution in [2.24, 2.45) is 0 Å². The number of pyridine rings is 1. The van der Waals surface area contributed by atoms with Crippen molar-refractivity contribution in [2.75, 3.05) is 30.4 Å². The number of benzene rings is 2. The Hall–Kier alpha value is -5.17. The molecule has 1 saturated heterocycles. The van der Waals surface area contributed by atoms with E-state index in [2.05, 4.69) is 15.6 Å². The summed E-state index contributed by atoms with van der Waals surface area (Å²) in [6.45, 7) is 9.71. The average Bonchev–Trinajstić information content (AvgIpc) is 3.43. The summed E-state index contributed by atoms with van der Waals surface area (Å²) in [5.41, 5.74) is 1.85. The van der Waals surface area contributed by atoms with E-state index in [4.69, 9.17) is 9.47 Å². The number of likely N-dealkylation sites (tertiary alicyclic amines) is 1. The molecule has 2 aromatic carbocycles. The molecule has 2 aromatic heterocycles. The van der Waals surface area contributed by atoms with Crippen molar-refractivity contribution in [1.29, 1.82) is 0 Å². The Kier molecular flexibility index (Phi) is 9.21. The van der Waals surface area contributed by atoms with E-state index in [9.17, 15) is 19.2 Å². The number of aromatic nitrogens is 1. The molecule has 6 rings (SSSR count). The number of anilines is 3. The van der Waals surface area contributed by atoms with Crippen molar-refractivity contribution < 1.29 is 28.7 Å². The zero-order chi connectivity index (χ0) is 35.0. The molecule has 13 heteroatoms. The standard InChI is InChI=1S/C36H40N6O6S/c1-21-19-25(47-24-12-8-7-9-13-24)14-15-26(21)42-27-16-17-37-32-28(27)29(39-34(42)45)30(49-32)31(43)38-23-11-10-18-41(20-23)33(44)22(2)40(6)35(46)48-36(3,4)5/h7-9,12-17,19,22-23H,10-11,18,20H2,1-6H3,(H,38,43)(H,39,45). The molecule has 2 aliphatic heterocycles. The third-order valence-corrected chi connectivity index (χ3v) is 9.62. The Balaban J connectivity index is 1.18. The number of ether oxygens (including phenoxy) is 2. The van der Waals surface area contributed by atoms with Gasteiger partial charge in [-0.25, -0.2) is 14.6 Å². The number of amides is 5. The summed E-state index contributed by atoms with van der Waals surface area (Å²) in [6, 6.07) is 15.3. The summed E-state index contributed by atoms with van der Waals surface area (Å²) in [5, 5.41) is 6.71. The van der Waals surface area contributed by atoms with Gasteiger partial charge in [-0.1, -0.05) is 18.2 Å². The summed E-state index contributed by atoms with van der Waals surface area (Å²) >= 11 is 1.21. The fraction of sp³-hybridized carbons (Fsp3) is 0.361. The first-order valence-corrected chi connectivity index (χ1v) is 17.0. The average molecular weight is 685 g/mol. The molecule has 0 spiro atoms. The van der Waals surface area contributed by atoms with Crippen molar-refractivity contribution in [1.82, 2.24) is 20.1 Å². The van der Waals surface area contributed by atoms with Crippen molar-refractivity contribution in [3.63, 3.8) is 0 Å². The van der Waals surface area contributed by atoms with Gasteiger partial charge in [-0.15, -0.1) is 11.3 Å². The Morgan fingerprint density at radius 3 is 2.55 bits per heavy atom. The highest BCUT2D eigenvalue weighted by Gasteiger charge is 2.36. The summed E-state index contributed by atoms with van der Waals surface area (Å²) in [4.78, 5) is 63.4. The highest BCUT2D eigenvalue weighted by molar-refractivity contribution is 7.21. The van der Waals surface area contributed by atoms with E-state index in [0.29, 0.717) is 69.6 Å². The van der Waals surface area contributed by atoms with Gasteiger partial charge < -0.3 is 25.0 Å². The second-order valence-electron chi connectivity index (χ2n) is 13.3. The molecular weight excluding hydrogens is 644 g/mol. The van der Waals surface area contributed by atoms with Crippen LogP contribution in [-0.2, 0) is 9.53 Å². The zero-order valence-electron chi connectivity index (χ0n) is 28.4. The number of rotatable bonds is 7. The highest BCUT2D eigenvalue weighted by atomic mass is 32.1. The molecule has 0 aliphatic carbocycles. The maximum Gasteiger partial charge on any atom is 0.410 e. The van der Waals surface area contributed by atoms with Gasteiger partial charge in [0.15, 0.2) is 0 Å². The number of para-hydroxylation sites is 1. The van der Waals surface area contributed by atoms with Crippen LogP contribution in [0, 0.1) is 6.92 Å². The molecule has 256 valence electrons. The summed E-state index contributed by atoms with van der Waals surface area (Å²) < 4.78 is 11.4. The van der Waals surface area contributed by atoms with Gasteiger partial charge in [-0.05, 0) is 89.4 Å². The van der Waals surface area contributed by atoms with Crippen LogP contribution in [0.4, 0.5) is 26.7 Å². The molecule has 0 bridgehead atoms. The number of aryl methyl sites for hydroxylation is 1. The highest BCUT2D eigenvalue weighted by Crippen LogP contribution is 2.46. The molecule has 2 unspecified atom stereocenters. The number of hydrogen-bond acceptors (Lipinski definition) is 8. The molecule has 0 radical (unpaired) electrons. The quantitative estimate of drug-likeness (QED) is 0.213. The number of carbonyl (C=O) groups is 4. The van der Waals surface area contributed by atoms with E-state index in [1.165, 1.54) is 16.2 Å². The van der Waals surface area contributed by atoms with E-state index in [0.717, 1.165) is 5.56 Å². The molecule has 2 aliphatic rings. The fourth-order valence-electron chi connectivity index (χ4n) is 6.02. The SMILES string of the molecule is Cc1cc(Oc2ccccc2)ccc1N1C(=O)Nc2c(C(=O)NC3CCCN(C(=O)C(C)N(C)C(=O)OC(C)(C)C)C3)sc3nccc1c23. The van der Waals surface area contributed by atoms with Gasteiger partial charge in [0.1, 0.15) is 32.8 Å². The first kappa shape index (κ1) is 33.7. The van der Waals surface area contributed by atoms with Crippen LogP contribution in [-0.4, -0.2) is 76.5 Å². The topological polar surface area (TPSA) is 133 Å². The largest absolute Gasteiger partial charge is 0.457 e. The predicted molar refractivity (Wildman–Crippen MR) is 189 cm³/mol. The van der Waals surface area contributed by atoms with E-state index >= 15 is 0 Å². The van der Waals surface area contributed by atoms with Crippen LogP contribution in [0.5, 0.6) is 11.5 Å². The number of nitrogens with one attached hydrogen (secondary N) is 2. The Bertz CT molecular complexity index is 1920. The molecule has 2 N–H and O–H groups in total. The zero-order valence-corrected chi connectivity index (χ0v) is 29.2. The van der Waals surface area contributed by atoms with Gasteiger partial charge in [0.25, 0.3) is 5.91 Å². The van der Waals surface area contributed by atoms with Crippen LogP contribution in [0.3, 0.4) is 0 Å². The first-order chi connectivity index (χ1) is 23.3. The maximum atomic E-state index is 13.8. The number of hydrogen-bond donors (Lipinski definition) is 2. The molecule has 0 saturated carbocycles. The van der Waals surface area contributed by atoms with Crippen LogP contribution in [0.25, 0.3) is 10.2 Å². The van der Waals surface area contributed by atoms with E-state index in [1.807, 2.05) is 55.5 Å². The first-order valence-electron chi connectivity index (χ1n) is 16.2. The second kappa shape index (κ2) is 13.4. The molecule has 4 heterocycles. The van der Waals surface area contributed by atoms with Crippen molar-refractivity contribution in [3.8, 4) is 11.5 Å². The Morgan fingerprint density at radius 1 is 1.08 bits per heavy atom. The molecule has 49 heavy (non-hydrogen) atoms.